The van der Waals surface area contributed by atoms with E-state index in [0.717, 1.165) is 23.3 Å². The number of halogens is 1. The predicted octanol–water partition coefficient (Wildman–Crippen LogP) is 4.96. The second-order valence-electron chi connectivity index (χ2n) is 9.09. The zero-order valence-electron chi connectivity index (χ0n) is 21.5. The molecule has 0 aliphatic carbocycles. The van der Waals surface area contributed by atoms with Gasteiger partial charge >= 0.3 is 0 Å². The molecular formula is C28H32FN5O3. The fourth-order valence-electron chi connectivity index (χ4n) is 4.30. The van der Waals surface area contributed by atoms with Crippen molar-refractivity contribution in [2.24, 2.45) is 0 Å². The van der Waals surface area contributed by atoms with Crippen LogP contribution in [0.4, 0.5) is 4.39 Å². The van der Waals surface area contributed by atoms with Crippen LogP contribution in [-0.4, -0.2) is 43.7 Å². The molecule has 0 aliphatic rings. The van der Waals surface area contributed by atoms with E-state index in [0.29, 0.717) is 53.8 Å². The Morgan fingerprint density at radius 1 is 1.03 bits per heavy atom. The molecule has 0 spiro atoms. The Kier molecular flexibility index (Phi) is 8.45. The lowest BCUT2D eigenvalue weighted by Crippen LogP contribution is -2.14. The molecule has 0 bridgehead atoms. The Balaban J connectivity index is 1.57. The number of nitrogens with zero attached hydrogens (tertiary/aromatic N) is 4. The Labute approximate surface area is 215 Å². The standard InChI is InChI=1S/C28H32FN5O3/c1-5-19-8-11-23(24(29)13-19)21(12-17(2)35)14-26-28(33-34-32-26)25-15-27(31-18(3)30-25)37-16-20-6-9-22(36-4)10-7-20/h6-11,13,15,17,21,35H,5,12,14,16H2,1-4H3,(H,32,33,34). The lowest BCUT2D eigenvalue weighted by atomic mass is 9.87. The Hall–Kier alpha value is -3.85. The molecule has 2 aromatic carbocycles. The molecule has 2 aromatic heterocycles. The summed E-state index contributed by atoms with van der Waals surface area (Å²) < 4.78 is 26.1. The largest absolute Gasteiger partial charge is 0.497 e. The highest BCUT2D eigenvalue weighted by molar-refractivity contribution is 5.58. The second-order valence-corrected chi connectivity index (χ2v) is 9.09. The van der Waals surface area contributed by atoms with Gasteiger partial charge in [-0.1, -0.05) is 31.2 Å². The van der Waals surface area contributed by atoms with E-state index in [1.165, 1.54) is 0 Å². The van der Waals surface area contributed by atoms with E-state index >= 15 is 0 Å². The minimum Gasteiger partial charge on any atom is -0.497 e. The quantitative estimate of drug-likeness (QED) is 0.297. The number of rotatable bonds is 11. The summed E-state index contributed by atoms with van der Waals surface area (Å²) in [6, 6.07) is 14.6. The zero-order valence-corrected chi connectivity index (χ0v) is 21.5. The number of aromatic nitrogens is 5. The van der Waals surface area contributed by atoms with Gasteiger partial charge in [-0.15, -0.1) is 0 Å². The van der Waals surface area contributed by atoms with Crippen molar-refractivity contribution < 1.29 is 19.0 Å². The van der Waals surface area contributed by atoms with Gasteiger partial charge in [0.1, 0.15) is 29.7 Å². The van der Waals surface area contributed by atoms with Gasteiger partial charge in [-0.2, -0.15) is 20.4 Å². The lowest BCUT2D eigenvalue weighted by molar-refractivity contribution is 0.173. The Morgan fingerprint density at radius 2 is 1.78 bits per heavy atom. The van der Waals surface area contributed by atoms with Gasteiger partial charge in [0.25, 0.3) is 0 Å². The fourth-order valence-corrected chi connectivity index (χ4v) is 4.30. The summed E-state index contributed by atoms with van der Waals surface area (Å²) in [6.07, 6.45) is 0.907. The molecule has 0 saturated carbocycles. The molecule has 0 amide bonds. The topological polar surface area (TPSA) is 106 Å². The van der Waals surface area contributed by atoms with Crippen molar-refractivity contribution in [2.45, 2.75) is 58.7 Å². The van der Waals surface area contributed by atoms with E-state index in [9.17, 15) is 9.50 Å². The number of hydrogen-bond acceptors (Lipinski definition) is 7. The van der Waals surface area contributed by atoms with Crippen LogP contribution in [0.15, 0.2) is 48.5 Å². The summed E-state index contributed by atoms with van der Waals surface area (Å²) in [4.78, 5) is 8.94. The molecule has 37 heavy (non-hydrogen) atoms. The van der Waals surface area contributed by atoms with Crippen molar-refractivity contribution in [3.05, 3.63) is 82.6 Å². The van der Waals surface area contributed by atoms with Crippen molar-refractivity contribution in [1.82, 2.24) is 25.4 Å². The Bertz CT molecular complexity index is 1320. The Morgan fingerprint density at radius 3 is 2.46 bits per heavy atom. The summed E-state index contributed by atoms with van der Waals surface area (Å²) in [6.45, 7) is 5.80. The van der Waals surface area contributed by atoms with E-state index < -0.39 is 6.10 Å². The number of aliphatic hydroxyl groups excluding tert-OH is 1. The first-order chi connectivity index (χ1) is 17.9. The van der Waals surface area contributed by atoms with Crippen LogP contribution in [0.25, 0.3) is 11.4 Å². The number of aromatic amines is 1. The highest BCUT2D eigenvalue weighted by Gasteiger charge is 2.23. The molecule has 9 heteroatoms. The van der Waals surface area contributed by atoms with E-state index in [-0.39, 0.29) is 11.7 Å². The van der Waals surface area contributed by atoms with E-state index in [1.807, 2.05) is 37.3 Å². The van der Waals surface area contributed by atoms with Crippen LogP contribution in [0.1, 0.15) is 54.4 Å². The number of methoxy groups -OCH3 is 1. The van der Waals surface area contributed by atoms with Crippen LogP contribution in [0.5, 0.6) is 11.6 Å². The first kappa shape index (κ1) is 26.2. The number of aryl methyl sites for hydroxylation is 2. The van der Waals surface area contributed by atoms with Crippen LogP contribution < -0.4 is 9.47 Å². The second kappa shape index (κ2) is 11.9. The van der Waals surface area contributed by atoms with Gasteiger partial charge in [0.2, 0.25) is 5.88 Å². The number of hydrogen-bond donors (Lipinski definition) is 2. The number of nitrogens with one attached hydrogen (secondary N) is 1. The van der Waals surface area contributed by atoms with Crippen LogP contribution in [0.2, 0.25) is 0 Å². The van der Waals surface area contributed by atoms with Gasteiger partial charge in [0.15, 0.2) is 0 Å². The highest BCUT2D eigenvalue weighted by atomic mass is 19.1. The van der Waals surface area contributed by atoms with Crippen molar-refractivity contribution in [3.8, 4) is 23.0 Å². The third-order valence-electron chi connectivity index (χ3n) is 6.20. The average Bonchev–Trinajstić information content (AvgIpc) is 3.35. The summed E-state index contributed by atoms with van der Waals surface area (Å²) in [5, 5.41) is 21.5. The van der Waals surface area contributed by atoms with Gasteiger partial charge in [0, 0.05) is 12.5 Å². The molecule has 0 radical (unpaired) electrons. The summed E-state index contributed by atoms with van der Waals surface area (Å²) in [5.74, 6) is 1.15. The number of ether oxygens (including phenoxy) is 2. The lowest BCUT2D eigenvalue weighted by Gasteiger charge is -2.19. The summed E-state index contributed by atoms with van der Waals surface area (Å²) >= 11 is 0. The van der Waals surface area contributed by atoms with Crippen LogP contribution in [0, 0.1) is 12.7 Å². The van der Waals surface area contributed by atoms with Crippen LogP contribution in [-0.2, 0) is 19.4 Å². The minimum atomic E-state index is -0.607. The highest BCUT2D eigenvalue weighted by Crippen LogP contribution is 2.31. The predicted molar refractivity (Wildman–Crippen MR) is 138 cm³/mol. The molecule has 4 rings (SSSR count). The normalized spacial score (nSPS) is 12.8. The van der Waals surface area contributed by atoms with Gasteiger partial charge in [0.05, 0.1) is 24.6 Å². The minimum absolute atomic E-state index is 0.276. The maximum atomic E-state index is 15.0. The van der Waals surface area contributed by atoms with E-state index in [2.05, 4.69) is 25.4 Å². The summed E-state index contributed by atoms with van der Waals surface area (Å²) in [7, 11) is 1.62. The number of H-pyrrole nitrogens is 1. The molecule has 2 atom stereocenters. The molecule has 0 aliphatic heterocycles. The van der Waals surface area contributed by atoms with Crippen molar-refractivity contribution >= 4 is 0 Å². The molecule has 0 fully saturated rings. The molecule has 8 nitrogen and oxygen atoms in total. The smallest absolute Gasteiger partial charge is 0.217 e. The molecule has 194 valence electrons. The maximum Gasteiger partial charge on any atom is 0.217 e. The number of benzene rings is 2. The zero-order chi connectivity index (χ0) is 26.4. The maximum absolute atomic E-state index is 15.0. The first-order valence-electron chi connectivity index (χ1n) is 12.3. The monoisotopic (exact) mass is 505 g/mol. The molecule has 4 aromatic rings. The molecular weight excluding hydrogens is 473 g/mol. The molecule has 2 unspecified atom stereocenters. The van der Waals surface area contributed by atoms with Crippen LogP contribution >= 0.6 is 0 Å². The van der Waals surface area contributed by atoms with Crippen molar-refractivity contribution in [3.63, 3.8) is 0 Å². The van der Waals surface area contributed by atoms with Crippen molar-refractivity contribution in [1.29, 1.82) is 0 Å². The SMILES string of the molecule is CCc1ccc(C(Cc2n[nH]nc2-c2cc(OCc3ccc(OC)cc3)nc(C)n2)CC(C)O)c(F)c1. The number of aliphatic hydroxyl groups is 1. The molecule has 2 N–H and O–H groups in total. The van der Waals surface area contributed by atoms with Crippen LogP contribution in [0.3, 0.4) is 0 Å². The molecule has 0 saturated heterocycles. The van der Waals surface area contributed by atoms with Gasteiger partial charge in [-0.25, -0.2) is 9.37 Å². The molecule has 2 heterocycles. The summed E-state index contributed by atoms with van der Waals surface area (Å²) in [5.41, 5.74) is 4.17. The van der Waals surface area contributed by atoms with E-state index in [1.54, 1.807) is 39.2 Å². The first-order valence-corrected chi connectivity index (χ1v) is 12.3. The third-order valence-corrected chi connectivity index (χ3v) is 6.20. The van der Waals surface area contributed by atoms with Gasteiger partial charge in [-0.3, -0.25) is 0 Å². The van der Waals surface area contributed by atoms with Gasteiger partial charge in [-0.05, 0) is 67.5 Å². The van der Waals surface area contributed by atoms with Gasteiger partial charge < -0.3 is 14.6 Å². The average molecular weight is 506 g/mol. The third kappa shape index (κ3) is 6.68. The van der Waals surface area contributed by atoms with E-state index in [4.69, 9.17) is 9.47 Å². The van der Waals surface area contributed by atoms with Crippen molar-refractivity contribution in [2.75, 3.05) is 7.11 Å². The fraction of sp³-hybridized carbons (Fsp3) is 0.357.